The summed E-state index contributed by atoms with van der Waals surface area (Å²) in [6, 6.07) is 15.3. The van der Waals surface area contributed by atoms with Crippen LogP contribution in [0, 0.1) is 0 Å². The van der Waals surface area contributed by atoms with Crippen molar-refractivity contribution >= 4 is 16.8 Å². The van der Waals surface area contributed by atoms with E-state index in [1.807, 2.05) is 48.5 Å². The number of nitrogens with zero attached hydrogens (tertiary/aromatic N) is 3. The van der Waals surface area contributed by atoms with Gasteiger partial charge in [-0.15, -0.1) is 0 Å². The topological polar surface area (TPSA) is 87.6 Å². The lowest BCUT2D eigenvalue weighted by Crippen LogP contribution is -2.38. The fourth-order valence-electron chi connectivity index (χ4n) is 3.56. The molecule has 150 valence electrons. The number of nitrogens with one attached hydrogen (secondary N) is 1. The van der Waals surface area contributed by atoms with Crippen molar-refractivity contribution in [2.75, 3.05) is 32.8 Å². The SMILES string of the molecule is O=C(NCCO)c1cc([C@H]2CN(Cc3ccccn3)CCO2)nc2ccccc12. The van der Waals surface area contributed by atoms with Crippen LogP contribution >= 0.6 is 0 Å². The van der Waals surface area contributed by atoms with Gasteiger partial charge in [-0.3, -0.25) is 14.7 Å². The molecule has 1 aliphatic rings. The van der Waals surface area contributed by atoms with Gasteiger partial charge in [0.15, 0.2) is 0 Å². The fraction of sp³-hybridized carbons (Fsp3) is 0.318. The molecule has 0 saturated carbocycles. The van der Waals surface area contributed by atoms with Gasteiger partial charge < -0.3 is 15.2 Å². The Hall–Kier alpha value is -2.87. The molecule has 7 heteroatoms. The number of para-hydroxylation sites is 1. The van der Waals surface area contributed by atoms with Crippen molar-refractivity contribution in [1.82, 2.24) is 20.2 Å². The Labute approximate surface area is 169 Å². The van der Waals surface area contributed by atoms with Gasteiger partial charge in [0, 0.05) is 37.8 Å². The van der Waals surface area contributed by atoms with Crippen molar-refractivity contribution in [3.05, 3.63) is 71.7 Å². The number of rotatable bonds is 6. The molecule has 0 spiro atoms. The highest BCUT2D eigenvalue weighted by molar-refractivity contribution is 6.06. The molecule has 0 bridgehead atoms. The number of fused-ring (bicyclic) bond motifs is 1. The first-order chi connectivity index (χ1) is 14.2. The lowest BCUT2D eigenvalue weighted by molar-refractivity contribution is -0.0352. The number of hydrogen-bond acceptors (Lipinski definition) is 6. The molecular weight excluding hydrogens is 368 g/mol. The quantitative estimate of drug-likeness (QED) is 0.667. The summed E-state index contributed by atoms with van der Waals surface area (Å²) in [5, 5.41) is 12.5. The van der Waals surface area contributed by atoms with Gasteiger partial charge >= 0.3 is 0 Å². The normalized spacial score (nSPS) is 17.3. The maximum Gasteiger partial charge on any atom is 0.252 e. The molecular formula is C22H24N4O3. The van der Waals surface area contributed by atoms with Gasteiger partial charge in [0.05, 0.1) is 35.7 Å². The Kier molecular flexibility index (Phi) is 6.09. The number of carbonyl (C=O) groups excluding carboxylic acids is 1. The van der Waals surface area contributed by atoms with Crippen LogP contribution in [0.1, 0.15) is 27.8 Å². The number of amides is 1. The van der Waals surface area contributed by atoms with Gasteiger partial charge in [-0.1, -0.05) is 24.3 Å². The first-order valence-electron chi connectivity index (χ1n) is 9.77. The summed E-state index contributed by atoms with van der Waals surface area (Å²) in [6.45, 7) is 2.96. The summed E-state index contributed by atoms with van der Waals surface area (Å²) in [5.74, 6) is -0.222. The van der Waals surface area contributed by atoms with Crippen molar-refractivity contribution < 1.29 is 14.6 Å². The van der Waals surface area contributed by atoms with Gasteiger partial charge in [-0.25, -0.2) is 4.98 Å². The standard InChI is InChI=1S/C22H24N4O3/c27-11-9-24-22(28)18-13-20(25-19-7-2-1-6-17(18)19)21-15-26(10-12-29-21)14-16-5-3-4-8-23-16/h1-8,13,21,27H,9-12,14-15H2,(H,24,28)/t21-/m1/s1. The van der Waals surface area contributed by atoms with E-state index >= 15 is 0 Å². The van der Waals surface area contributed by atoms with Crippen molar-refractivity contribution in [3.8, 4) is 0 Å². The predicted octanol–water partition coefficient (Wildman–Crippen LogP) is 1.93. The number of benzene rings is 1. The fourth-order valence-corrected chi connectivity index (χ4v) is 3.56. The summed E-state index contributed by atoms with van der Waals surface area (Å²) in [7, 11) is 0. The number of pyridine rings is 2. The van der Waals surface area contributed by atoms with Crippen LogP contribution in [-0.2, 0) is 11.3 Å². The van der Waals surface area contributed by atoms with Gasteiger partial charge in [-0.2, -0.15) is 0 Å². The minimum Gasteiger partial charge on any atom is -0.395 e. The smallest absolute Gasteiger partial charge is 0.252 e. The lowest BCUT2D eigenvalue weighted by Gasteiger charge is -2.32. The summed E-state index contributed by atoms with van der Waals surface area (Å²) >= 11 is 0. The largest absolute Gasteiger partial charge is 0.395 e. The Morgan fingerprint density at radius 3 is 2.93 bits per heavy atom. The first kappa shape index (κ1) is 19.4. The van der Waals surface area contributed by atoms with Crippen LogP contribution < -0.4 is 5.32 Å². The summed E-state index contributed by atoms with van der Waals surface area (Å²) in [4.78, 5) is 24.1. The van der Waals surface area contributed by atoms with E-state index in [9.17, 15) is 4.79 Å². The molecule has 2 aromatic heterocycles. The Balaban J connectivity index is 1.60. The average Bonchev–Trinajstić information content (AvgIpc) is 2.77. The van der Waals surface area contributed by atoms with Crippen LogP contribution in [0.25, 0.3) is 10.9 Å². The average molecular weight is 392 g/mol. The molecule has 0 unspecified atom stereocenters. The molecule has 0 radical (unpaired) electrons. The second-order valence-electron chi connectivity index (χ2n) is 7.01. The zero-order valence-corrected chi connectivity index (χ0v) is 16.1. The maximum absolute atomic E-state index is 12.6. The molecule has 1 fully saturated rings. The second kappa shape index (κ2) is 9.09. The molecule has 3 aromatic rings. The van der Waals surface area contributed by atoms with E-state index in [1.54, 1.807) is 6.20 Å². The molecule has 29 heavy (non-hydrogen) atoms. The van der Waals surface area contributed by atoms with Crippen LogP contribution in [0.2, 0.25) is 0 Å². The highest BCUT2D eigenvalue weighted by Gasteiger charge is 2.25. The number of hydrogen-bond donors (Lipinski definition) is 2. The third kappa shape index (κ3) is 4.59. The van der Waals surface area contributed by atoms with Gasteiger partial charge in [-0.05, 0) is 24.3 Å². The van der Waals surface area contributed by atoms with Crippen molar-refractivity contribution in [2.45, 2.75) is 12.6 Å². The minimum absolute atomic E-state index is 0.101. The molecule has 1 amide bonds. The van der Waals surface area contributed by atoms with Gasteiger partial charge in [0.25, 0.3) is 5.91 Å². The van der Waals surface area contributed by atoms with Crippen molar-refractivity contribution in [2.24, 2.45) is 0 Å². The van der Waals surface area contributed by atoms with Crippen molar-refractivity contribution in [3.63, 3.8) is 0 Å². The molecule has 1 saturated heterocycles. The molecule has 1 atom stereocenters. The summed E-state index contributed by atoms with van der Waals surface area (Å²) < 4.78 is 6.00. The molecule has 7 nitrogen and oxygen atoms in total. The zero-order chi connectivity index (χ0) is 20.1. The number of ether oxygens (including phenoxy) is 1. The predicted molar refractivity (Wildman–Crippen MR) is 109 cm³/mol. The Morgan fingerprint density at radius 2 is 2.10 bits per heavy atom. The Morgan fingerprint density at radius 1 is 1.24 bits per heavy atom. The van der Waals surface area contributed by atoms with Crippen molar-refractivity contribution in [1.29, 1.82) is 0 Å². The third-order valence-electron chi connectivity index (χ3n) is 4.97. The lowest BCUT2D eigenvalue weighted by atomic mass is 10.0. The molecule has 0 aliphatic carbocycles. The van der Waals surface area contributed by atoms with Crippen LogP contribution in [0.4, 0.5) is 0 Å². The molecule has 1 aliphatic heterocycles. The van der Waals surface area contributed by atoms with Gasteiger partial charge in [0.1, 0.15) is 6.10 Å². The van der Waals surface area contributed by atoms with Gasteiger partial charge in [0.2, 0.25) is 0 Å². The van der Waals surface area contributed by atoms with Crippen LogP contribution in [-0.4, -0.2) is 58.7 Å². The number of aliphatic hydroxyl groups is 1. The first-order valence-corrected chi connectivity index (χ1v) is 9.77. The minimum atomic E-state index is -0.222. The van der Waals surface area contributed by atoms with E-state index in [2.05, 4.69) is 15.2 Å². The van der Waals surface area contributed by atoms with Crippen LogP contribution in [0.5, 0.6) is 0 Å². The molecule has 1 aromatic carbocycles. The monoisotopic (exact) mass is 392 g/mol. The highest BCUT2D eigenvalue weighted by atomic mass is 16.5. The van der Waals surface area contributed by atoms with E-state index in [0.717, 1.165) is 35.4 Å². The number of aliphatic hydroxyl groups excluding tert-OH is 1. The summed E-state index contributed by atoms with van der Waals surface area (Å²) in [6.07, 6.45) is 1.58. The van der Waals surface area contributed by atoms with E-state index in [0.29, 0.717) is 18.7 Å². The Bertz CT molecular complexity index is 980. The highest BCUT2D eigenvalue weighted by Crippen LogP contribution is 2.26. The van der Waals surface area contributed by atoms with Crippen LogP contribution in [0.3, 0.4) is 0 Å². The number of morpholine rings is 1. The second-order valence-corrected chi connectivity index (χ2v) is 7.01. The molecule has 4 rings (SSSR count). The van der Waals surface area contributed by atoms with E-state index in [-0.39, 0.29) is 25.2 Å². The zero-order valence-electron chi connectivity index (χ0n) is 16.1. The maximum atomic E-state index is 12.6. The molecule has 2 N–H and O–H groups in total. The van der Waals surface area contributed by atoms with E-state index in [1.165, 1.54) is 0 Å². The summed E-state index contributed by atoms with van der Waals surface area (Å²) in [5.41, 5.74) is 3.06. The number of carbonyl (C=O) groups is 1. The third-order valence-corrected chi connectivity index (χ3v) is 4.97. The van der Waals surface area contributed by atoms with E-state index < -0.39 is 0 Å². The molecule has 3 heterocycles. The van der Waals surface area contributed by atoms with Crippen LogP contribution in [0.15, 0.2) is 54.7 Å². The number of aromatic nitrogens is 2. The van der Waals surface area contributed by atoms with E-state index in [4.69, 9.17) is 14.8 Å².